The van der Waals surface area contributed by atoms with Crippen molar-refractivity contribution in [3.8, 4) is 34.5 Å². The standard InChI is InChI=1S/C40H40N4O15/c1-2-18-9-20(11-22(45)10-18)38(53)58-34-29(57-39-33(49)35(50)40(54,36(59-39)37(51)52)14-21-15-42-17-43-21)13-28-31(32(34)48)25(46)12-27(56-28)19-3-5-23(6-4-19)55-16-26(47)24-7-8-30(41)44-24/h3-13,17,26-27,33,35-36,38-39,41,45-50,53-54H,2,14-16H2,1H3,(H,51,52)/p+1. The summed E-state index contributed by atoms with van der Waals surface area (Å²) < 4.78 is 29.1. The minimum Gasteiger partial charge on any atom is -0.508 e. The summed E-state index contributed by atoms with van der Waals surface area (Å²) in [5.74, 6) is -3.99. The van der Waals surface area contributed by atoms with Crippen LogP contribution in [0.15, 0.2) is 81.7 Å². The lowest BCUT2D eigenvalue weighted by Gasteiger charge is -2.46. The number of hydrogen-bond donors (Lipinski definition) is 10. The van der Waals surface area contributed by atoms with E-state index in [1.165, 1.54) is 30.6 Å². The smallest absolute Gasteiger partial charge is 0.336 e. The highest BCUT2D eigenvalue weighted by Crippen LogP contribution is 2.52. The van der Waals surface area contributed by atoms with Gasteiger partial charge < -0.3 is 69.6 Å². The second-order valence-electron chi connectivity index (χ2n) is 14.1. The molecule has 3 aromatic carbocycles. The van der Waals surface area contributed by atoms with Gasteiger partial charge in [0.05, 0.1) is 6.54 Å². The van der Waals surface area contributed by atoms with Crippen molar-refractivity contribution in [1.29, 1.82) is 0 Å². The Bertz CT molecular complexity index is 2290. The summed E-state index contributed by atoms with van der Waals surface area (Å²) in [5.41, 5.74) is -1.17. The number of hydrogen-bond acceptors (Lipinski definition) is 16. The molecular formula is C40H41N4O15+. The fourth-order valence-electron chi connectivity index (χ4n) is 6.89. The van der Waals surface area contributed by atoms with Gasteiger partial charge in [-0.25, -0.2) is 9.79 Å². The Morgan fingerprint density at radius 3 is 2.49 bits per heavy atom. The van der Waals surface area contributed by atoms with Crippen LogP contribution in [0.3, 0.4) is 0 Å². The fourth-order valence-corrected chi connectivity index (χ4v) is 6.89. The van der Waals surface area contributed by atoms with E-state index < -0.39 is 84.1 Å². The van der Waals surface area contributed by atoms with E-state index in [1.54, 1.807) is 36.4 Å². The van der Waals surface area contributed by atoms with Crippen LogP contribution in [0, 0.1) is 0 Å². The molecule has 0 spiro atoms. The number of phenolic OH excluding ortho intramolecular Hbond substituents is 2. The zero-order chi connectivity index (χ0) is 42.2. The summed E-state index contributed by atoms with van der Waals surface area (Å²) in [6, 6.07) is 11.7. The lowest BCUT2D eigenvalue weighted by atomic mass is 9.80. The van der Waals surface area contributed by atoms with Gasteiger partial charge in [0, 0.05) is 35.9 Å². The molecule has 1 saturated heterocycles. The summed E-state index contributed by atoms with van der Waals surface area (Å²) >= 11 is 0. The Morgan fingerprint density at radius 1 is 1.07 bits per heavy atom. The van der Waals surface area contributed by atoms with E-state index in [2.05, 4.69) is 15.0 Å². The van der Waals surface area contributed by atoms with E-state index in [4.69, 9.17) is 29.1 Å². The van der Waals surface area contributed by atoms with Gasteiger partial charge in [0.1, 0.15) is 65.4 Å². The average Bonchev–Trinajstić information content (AvgIpc) is 3.89. The Labute approximate surface area is 334 Å². The van der Waals surface area contributed by atoms with Crippen LogP contribution in [0.4, 0.5) is 0 Å². The number of rotatable bonds is 14. The number of carboxylic acid groups (broad SMARTS) is 1. The quantitative estimate of drug-likeness (QED) is 0.0971. The van der Waals surface area contributed by atoms with Gasteiger partial charge in [-0.2, -0.15) is 0 Å². The molecule has 59 heavy (non-hydrogen) atoms. The summed E-state index contributed by atoms with van der Waals surface area (Å²) in [5, 5.41) is 104. The Hall–Kier alpha value is -6.35. The van der Waals surface area contributed by atoms with Crippen molar-refractivity contribution in [2.24, 2.45) is 15.0 Å². The zero-order valence-corrected chi connectivity index (χ0v) is 31.2. The van der Waals surface area contributed by atoms with E-state index in [1.807, 2.05) is 6.92 Å². The highest BCUT2D eigenvalue weighted by Gasteiger charge is 2.59. The number of amidine groups is 1. The number of carbonyl (C=O) groups is 1. The SMILES string of the molecule is CCc1cc(O)cc(C(O)Oc2c(OC3OC(C(=O)O)C(O)(CC4=NC=NC4)C(O)C3O)cc3c(c2O)C(O)=CC(c2ccc(OCC(O)C4=NC(=[NH2+])C=C4)cc2)O3)c1. The zero-order valence-electron chi connectivity index (χ0n) is 31.2. The van der Waals surface area contributed by atoms with Crippen LogP contribution in [0.1, 0.15) is 48.0 Å². The molecule has 7 rings (SSSR count). The van der Waals surface area contributed by atoms with Crippen LogP contribution in [0.5, 0.6) is 34.5 Å². The van der Waals surface area contributed by atoms with E-state index in [9.17, 15) is 50.8 Å². The molecule has 4 aliphatic heterocycles. The minimum absolute atomic E-state index is 0.0158. The van der Waals surface area contributed by atoms with Gasteiger partial charge in [0.2, 0.25) is 18.3 Å². The van der Waals surface area contributed by atoms with Gasteiger partial charge in [0.25, 0.3) is 0 Å². The first-order valence-corrected chi connectivity index (χ1v) is 18.3. The van der Waals surface area contributed by atoms with Crippen LogP contribution in [-0.2, 0) is 16.0 Å². The molecule has 4 heterocycles. The number of aryl methyl sites for hydroxylation is 1. The molecule has 0 aliphatic carbocycles. The average molecular weight is 818 g/mol. The van der Waals surface area contributed by atoms with Gasteiger partial charge in [-0.3, -0.25) is 10.4 Å². The summed E-state index contributed by atoms with van der Waals surface area (Å²) in [4.78, 5) is 24.3. The highest BCUT2D eigenvalue weighted by molar-refractivity contribution is 6.14. The molecular weight excluding hydrogens is 776 g/mol. The molecule has 4 aliphatic rings. The molecule has 0 aromatic heterocycles. The summed E-state index contributed by atoms with van der Waals surface area (Å²) in [7, 11) is 0. The second kappa shape index (κ2) is 16.5. The third-order valence-corrected chi connectivity index (χ3v) is 9.96. The predicted octanol–water partition coefficient (Wildman–Crippen LogP) is 0.185. The molecule has 1 fully saturated rings. The molecule has 0 saturated carbocycles. The Kier molecular flexibility index (Phi) is 11.4. The molecule has 310 valence electrons. The van der Waals surface area contributed by atoms with E-state index in [0.29, 0.717) is 29.0 Å². The summed E-state index contributed by atoms with van der Waals surface area (Å²) in [6.07, 6.45) is -6.94. The number of aromatic hydroxyl groups is 2. The van der Waals surface area contributed by atoms with E-state index in [0.717, 1.165) is 6.07 Å². The number of aliphatic imine (C=N–C) groups is 3. The number of nitrogens with two attached hydrogens (primary N) is 1. The first-order chi connectivity index (χ1) is 28.1. The fraction of sp³-hybridized carbons (Fsp3) is 0.325. The van der Waals surface area contributed by atoms with Crippen molar-refractivity contribution >= 4 is 35.3 Å². The molecule has 0 bridgehead atoms. The molecule has 3 aromatic rings. The molecule has 11 N–H and O–H groups in total. The maximum absolute atomic E-state index is 12.4. The van der Waals surface area contributed by atoms with Crippen molar-refractivity contribution in [2.45, 2.75) is 68.5 Å². The van der Waals surface area contributed by atoms with Gasteiger partial charge >= 0.3 is 11.8 Å². The first-order valence-electron chi connectivity index (χ1n) is 18.3. The number of carboxylic acids is 1. The topological polar surface area (TPSA) is 308 Å². The third kappa shape index (κ3) is 8.33. The third-order valence-electron chi connectivity index (χ3n) is 9.96. The van der Waals surface area contributed by atoms with Gasteiger partial charge in [-0.15, -0.1) is 0 Å². The molecule has 0 amide bonds. The van der Waals surface area contributed by atoms with Crippen LogP contribution in [0.2, 0.25) is 0 Å². The van der Waals surface area contributed by atoms with Gasteiger partial charge in [-0.1, -0.05) is 19.1 Å². The summed E-state index contributed by atoms with van der Waals surface area (Å²) in [6.45, 7) is 1.71. The van der Waals surface area contributed by atoms with Crippen LogP contribution in [0.25, 0.3) is 5.76 Å². The van der Waals surface area contributed by atoms with Gasteiger partial charge in [0.15, 0.2) is 29.4 Å². The minimum atomic E-state index is -2.60. The number of aliphatic hydroxyl groups is 6. The molecule has 8 atom stereocenters. The lowest BCUT2D eigenvalue weighted by molar-refractivity contribution is -0.303. The molecule has 8 unspecified atom stereocenters. The number of ether oxygens (including phenoxy) is 5. The molecule has 0 radical (unpaired) electrons. The maximum Gasteiger partial charge on any atom is 0.336 e. The largest absolute Gasteiger partial charge is 0.508 e. The van der Waals surface area contributed by atoms with Crippen molar-refractivity contribution in [3.63, 3.8) is 0 Å². The van der Waals surface area contributed by atoms with Crippen LogP contribution < -0.4 is 24.4 Å². The number of nitrogens with zero attached hydrogens (tertiary/aromatic N) is 3. The number of phenols is 2. The maximum atomic E-state index is 12.4. The second-order valence-corrected chi connectivity index (χ2v) is 14.1. The van der Waals surface area contributed by atoms with Crippen molar-refractivity contribution in [1.82, 2.24) is 0 Å². The number of aliphatic carboxylic acids is 1. The number of fused-ring (bicyclic) bond motifs is 1. The highest BCUT2D eigenvalue weighted by atomic mass is 16.7. The van der Waals surface area contributed by atoms with Crippen molar-refractivity contribution in [2.75, 3.05) is 13.2 Å². The van der Waals surface area contributed by atoms with Gasteiger partial charge in [-0.05, 0) is 58.9 Å². The van der Waals surface area contributed by atoms with Crippen LogP contribution in [-0.4, -0.2) is 125 Å². The molecule has 19 nitrogen and oxygen atoms in total. The number of aliphatic hydroxyl groups excluding tert-OH is 5. The Morgan fingerprint density at radius 2 is 1.83 bits per heavy atom. The van der Waals surface area contributed by atoms with Crippen molar-refractivity contribution < 1.29 is 79.8 Å². The van der Waals surface area contributed by atoms with E-state index >= 15 is 0 Å². The normalized spacial score (nSPS) is 25.6. The lowest BCUT2D eigenvalue weighted by Crippen LogP contribution is -2.69. The van der Waals surface area contributed by atoms with Crippen LogP contribution >= 0.6 is 0 Å². The van der Waals surface area contributed by atoms with E-state index in [-0.39, 0.29) is 47.3 Å². The monoisotopic (exact) mass is 817 g/mol. The Balaban J connectivity index is 1.19. The predicted molar refractivity (Wildman–Crippen MR) is 206 cm³/mol. The first kappa shape index (κ1) is 40.8. The molecule has 19 heteroatoms. The van der Waals surface area contributed by atoms with Crippen molar-refractivity contribution in [3.05, 3.63) is 89.0 Å². The number of benzene rings is 3.